The maximum Gasteiger partial charge on any atom is 0.266 e. The lowest BCUT2D eigenvalue weighted by Gasteiger charge is -2.23. The summed E-state index contributed by atoms with van der Waals surface area (Å²) in [6, 6.07) is 12.1. The van der Waals surface area contributed by atoms with Crippen molar-refractivity contribution in [3.63, 3.8) is 0 Å². The van der Waals surface area contributed by atoms with Crippen molar-refractivity contribution in [1.29, 1.82) is 0 Å². The number of rotatable bonds is 4. The highest BCUT2D eigenvalue weighted by Gasteiger charge is 2.36. The van der Waals surface area contributed by atoms with Crippen LogP contribution < -0.4 is 9.80 Å². The fourth-order valence-corrected chi connectivity index (χ4v) is 3.17. The molecule has 0 fully saturated rings. The summed E-state index contributed by atoms with van der Waals surface area (Å²) < 4.78 is 0. The Labute approximate surface area is 140 Å². The van der Waals surface area contributed by atoms with Crippen LogP contribution in [-0.4, -0.2) is 24.9 Å². The highest BCUT2D eigenvalue weighted by Crippen LogP contribution is 2.34. The van der Waals surface area contributed by atoms with Gasteiger partial charge in [0.25, 0.3) is 11.8 Å². The molecule has 0 bridgehead atoms. The number of hydrogen-bond donors (Lipinski definition) is 0. The van der Waals surface area contributed by atoms with Gasteiger partial charge in [-0.05, 0) is 44.2 Å². The number of amides is 2. The van der Waals surface area contributed by atoms with E-state index in [0.717, 1.165) is 18.8 Å². The molecule has 0 spiro atoms. The zero-order valence-corrected chi connectivity index (χ0v) is 13.8. The maximum atomic E-state index is 12.5. The van der Waals surface area contributed by atoms with Gasteiger partial charge >= 0.3 is 0 Å². The molecule has 1 heterocycles. The summed E-state index contributed by atoms with van der Waals surface area (Å²) in [7, 11) is 0. The quantitative estimate of drug-likeness (QED) is 0.797. The number of hydrogen-bond acceptors (Lipinski definition) is 3. The summed E-state index contributed by atoms with van der Waals surface area (Å²) in [5, 5.41) is 0.530. The molecule has 0 saturated carbocycles. The first-order valence-corrected chi connectivity index (χ1v) is 7.98. The van der Waals surface area contributed by atoms with Gasteiger partial charge in [-0.1, -0.05) is 23.7 Å². The number of halogens is 1. The fourth-order valence-electron chi connectivity index (χ4n) is 2.88. The minimum atomic E-state index is -0.308. The van der Waals surface area contributed by atoms with Crippen LogP contribution in [0.5, 0.6) is 0 Å². The van der Waals surface area contributed by atoms with Gasteiger partial charge in [0.1, 0.15) is 0 Å². The van der Waals surface area contributed by atoms with Crippen molar-refractivity contribution in [1.82, 2.24) is 0 Å². The van der Waals surface area contributed by atoms with Crippen molar-refractivity contribution >= 4 is 34.8 Å². The first-order chi connectivity index (χ1) is 11.1. The molecular formula is C18H17ClN2O2. The number of imide groups is 1. The number of fused-ring (bicyclic) bond motifs is 1. The van der Waals surface area contributed by atoms with Gasteiger partial charge in [0.2, 0.25) is 0 Å². The average Bonchev–Trinajstić information content (AvgIpc) is 2.82. The molecule has 5 heteroatoms. The van der Waals surface area contributed by atoms with Crippen LogP contribution in [0, 0.1) is 0 Å². The monoisotopic (exact) mass is 328 g/mol. The predicted molar refractivity (Wildman–Crippen MR) is 92.6 cm³/mol. The number of carbonyl (C=O) groups is 2. The van der Waals surface area contributed by atoms with Gasteiger partial charge in [-0.3, -0.25) is 9.59 Å². The van der Waals surface area contributed by atoms with Crippen LogP contribution in [0.25, 0.3) is 0 Å². The van der Waals surface area contributed by atoms with Crippen molar-refractivity contribution in [3.05, 3.63) is 58.6 Å². The summed E-state index contributed by atoms with van der Waals surface area (Å²) in [6.07, 6.45) is 0. The van der Waals surface area contributed by atoms with Crippen LogP contribution in [0.1, 0.15) is 34.6 Å². The first-order valence-electron chi connectivity index (χ1n) is 7.60. The molecule has 0 N–H and O–H groups in total. The second-order valence-corrected chi connectivity index (χ2v) is 5.71. The van der Waals surface area contributed by atoms with Gasteiger partial charge in [-0.25, -0.2) is 4.90 Å². The van der Waals surface area contributed by atoms with E-state index >= 15 is 0 Å². The molecule has 0 atom stereocenters. The summed E-state index contributed by atoms with van der Waals surface area (Å²) in [5.41, 5.74) is 2.26. The summed E-state index contributed by atoms with van der Waals surface area (Å²) in [4.78, 5) is 28.3. The second kappa shape index (κ2) is 6.05. The third-order valence-electron chi connectivity index (χ3n) is 4.09. The third kappa shape index (κ3) is 2.49. The normalized spacial score (nSPS) is 13.4. The molecule has 2 amide bonds. The van der Waals surface area contributed by atoms with Gasteiger partial charge in [0, 0.05) is 13.1 Å². The van der Waals surface area contributed by atoms with Crippen molar-refractivity contribution in [2.75, 3.05) is 22.9 Å². The summed E-state index contributed by atoms with van der Waals surface area (Å²) in [6.45, 7) is 5.78. The Balaban J connectivity index is 2.00. The van der Waals surface area contributed by atoms with E-state index in [9.17, 15) is 9.59 Å². The van der Waals surface area contributed by atoms with Crippen LogP contribution in [0.4, 0.5) is 11.4 Å². The predicted octanol–water partition coefficient (Wildman–Crippen LogP) is 3.99. The Morgan fingerprint density at radius 2 is 1.52 bits per heavy atom. The molecule has 0 aliphatic carbocycles. The minimum absolute atomic E-state index is 0.308. The SMILES string of the molecule is CCN(CC)c1ccc(N2C(=O)c3ccccc3C2=O)cc1Cl. The van der Waals surface area contributed by atoms with Gasteiger partial charge in [-0.2, -0.15) is 0 Å². The van der Waals surface area contributed by atoms with Crippen LogP contribution in [0.2, 0.25) is 5.02 Å². The Morgan fingerprint density at radius 1 is 0.957 bits per heavy atom. The molecule has 0 saturated heterocycles. The Morgan fingerprint density at radius 3 is 2.00 bits per heavy atom. The van der Waals surface area contributed by atoms with E-state index in [0.29, 0.717) is 21.8 Å². The molecule has 3 rings (SSSR count). The van der Waals surface area contributed by atoms with E-state index in [-0.39, 0.29) is 11.8 Å². The van der Waals surface area contributed by atoms with Gasteiger partial charge in [0.15, 0.2) is 0 Å². The van der Waals surface area contributed by atoms with Crippen molar-refractivity contribution in [3.8, 4) is 0 Å². The second-order valence-electron chi connectivity index (χ2n) is 5.30. The first kappa shape index (κ1) is 15.6. The lowest BCUT2D eigenvalue weighted by atomic mass is 10.1. The Hall–Kier alpha value is -2.33. The molecular weight excluding hydrogens is 312 g/mol. The zero-order valence-electron chi connectivity index (χ0n) is 13.0. The molecule has 23 heavy (non-hydrogen) atoms. The molecule has 1 aliphatic rings. The van der Waals surface area contributed by atoms with E-state index in [1.54, 1.807) is 36.4 Å². The minimum Gasteiger partial charge on any atom is -0.371 e. The van der Waals surface area contributed by atoms with Crippen LogP contribution >= 0.6 is 11.6 Å². The molecule has 1 aliphatic heterocycles. The highest BCUT2D eigenvalue weighted by atomic mass is 35.5. The lowest BCUT2D eigenvalue weighted by Crippen LogP contribution is -2.29. The molecule has 4 nitrogen and oxygen atoms in total. The number of anilines is 2. The molecule has 2 aromatic carbocycles. The van der Waals surface area contributed by atoms with Crippen LogP contribution in [-0.2, 0) is 0 Å². The standard InChI is InChI=1S/C18H17ClN2O2/c1-3-20(4-2)16-10-9-12(11-15(16)19)21-17(22)13-7-5-6-8-14(13)18(21)23/h5-11H,3-4H2,1-2H3. The lowest BCUT2D eigenvalue weighted by molar-refractivity contribution is 0.0926. The van der Waals surface area contributed by atoms with Crippen LogP contribution in [0.15, 0.2) is 42.5 Å². The van der Waals surface area contributed by atoms with Crippen molar-refractivity contribution in [2.24, 2.45) is 0 Å². The fraction of sp³-hybridized carbons (Fsp3) is 0.222. The van der Waals surface area contributed by atoms with Crippen molar-refractivity contribution < 1.29 is 9.59 Å². The molecule has 0 aromatic heterocycles. The van der Waals surface area contributed by atoms with Crippen LogP contribution in [0.3, 0.4) is 0 Å². The number of carbonyl (C=O) groups excluding carboxylic acids is 2. The largest absolute Gasteiger partial charge is 0.371 e. The maximum absolute atomic E-state index is 12.5. The van der Waals surface area contributed by atoms with Gasteiger partial charge in [-0.15, -0.1) is 0 Å². The summed E-state index contributed by atoms with van der Waals surface area (Å²) >= 11 is 6.38. The number of benzene rings is 2. The zero-order chi connectivity index (χ0) is 16.6. The van der Waals surface area contributed by atoms with Gasteiger partial charge < -0.3 is 4.90 Å². The third-order valence-corrected chi connectivity index (χ3v) is 4.39. The van der Waals surface area contributed by atoms with E-state index in [1.165, 1.54) is 4.90 Å². The van der Waals surface area contributed by atoms with Gasteiger partial charge in [0.05, 0.1) is 27.5 Å². The highest BCUT2D eigenvalue weighted by molar-refractivity contribution is 6.36. The number of nitrogens with zero attached hydrogens (tertiary/aromatic N) is 2. The van der Waals surface area contributed by atoms with E-state index in [2.05, 4.69) is 18.7 Å². The summed E-state index contributed by atoms with van der Waals surface area (Å²) in [5.74, 6) is -0.616. The molecule has 0 unspecified atom stereocenters. The van der Waals surface area contributed by atoms with E-state index < -0.39 is 0 Å². The Kier molecular flexibility index (Phi) is 4.09. The molecule has 118 valence electrons. The van der Waals surface area contributed by atoms with Crippen molar-refractivity contribution in [2.45, 2.75) is 13.8 Å². The smallest absolute Gasteiger partial charge is 0.266 e. The topological polar surface area (TPSA) is 40.6 Å². The van der Waals surface area contributed by atoms with E-state index in [4.69, 9.17) is 11.6 Å². The Bertz CT molecular complexity index is 749. The molecule has 2 aromatic rings. The average molecular weight is 329 g/mol. The van der Waals surface area contributed by atoms with E-state index in [1.807, 2.05) is 6.07 Å². The molecule has 0 radical (unpaired) electrons.